The van der Waals surface area contributed by atoms with Gasteiger partial charge in [0.1, 0.15) is 23.9 Å². The van der Waals surface area contributed by atoms with Gasteiger partial charge >= 0.3 is 0 Å². The zero-order chi connectivity index (χ0) is 12.3. The van der Waals surface area contributed by atoms with Crippen molar-refractivity contribution >= 4 is 5.82 Å². The highest BCUT2D eigenvalue weighted by Crippen LogP contribution is 2.18. The van der Waals surface area contributed by atoms with Crippen LogP contribution in [-0.4, -0.2) is 22.1 Å². The molecule has 0 radical (unpaired) electrons. The molecule has 0 bridgehead atoms. The number of hydrogen-bond donors (Lipinski definition) is 1. The van der Waals surface area contributed by atoms with E-state index >= 15 is 0 Å². The van der Waals surface area contributed by atoms with E-state index in [0.29, 0.717) is 17.6 Å². The lowest BCUT2D eigenvalue weighted by molar-refractivity contribution is 0.397. The average molecular weight is 234 g/mol. The summed E-state index contributed by atoms with van der Waals surface area (Å²) in [5.41, 5.74) is 0. The summed E-state index contributed by atoms with van der Waals surface area (Å²) >= 11 is 0. The molecule has 6 nitrogen and oxygen atoms in total. The molecule has 0 fully saturated rings. The van der Waals surface area contributed by atoms with Crippen molar-refractivity contribution in [2.75, 3.05) is 12.4 Å². The molecular formula is C11H14N4O2. The predicted octanol–water partition coefficient (Wildman–Crippen LogP) is 1.95. The summed E-state index contributed by atoms with van der Waals surface area (Å²) in [4.78, 5) is 12.2. The molecule has 1 atom stereocenters. The van der Waals surface area contributed by atoms with Gasteiger partial charge in [-0.25, -0.2) is 15.0 Å². The van der Waals surface area contributed by atoms with Gasteiger partial charge < -0.3 is 14.5 Å². The summed E-state index contributed by atoms with van der Waals surface area (Å²) in [6.07, 6.45) is 3.13. The smallest absolute Gasteiger partial charge is 0.218 e. The summed E-state index contributed by atoms with van der Waals surface area (Å²) < 4.78 is 10.4. The number of rotatable bonds is 4. The molecule has 2 heterocycles. The Balaban J connectivity index is 2.09. The first-order valence-corrected chi connectivity index (χ1v) is 5.24. The van der Waals surface area contributed by atoms with E-state index in [1.165, 1.54) is 6.33 Å². The van der Waals surface area contributed by atoms with E-state index in [9.17, 15) is 0 Å². The van der Waals surface area contributed by atoms with Gasteiger partial charge in [0.2, 0.25) is 11.8 Å². The molecule has 0 amide bonds. The number of anilines is 1. The molecule has 2 aromatic heterocycles. The van der Waals surface area contributed by atoms with Gasteiger partial charge in [-0.1, -0.05) is 0 Å². The third kappa shape index (κ3) is 2.72. The standard InChI is InChI=1S/C11H14N4O2/c1-7-5-12-11(17-7)8(2)15-9-4-10(16-3)14-6-13-9/h4-6,8H,1-3H3,(H,13,14,15). The molecule has 1 unspecified atom stereocenters. The molecule has 2 rings (SSSR count). The Hall–Kier alpha value is -2.11. The topological polar surface area (TPSA) is 73.1 Å². The monoisotopic (exact) mass is 234 g/mol. The number of oxazole rings is 1. The van der Waals surface area contributed by atoms with E-state index < -0.39 is 0 Å². The van der Waals surface area contributed by atoms with Crippen LogP contribution in [0.25, 0.3) is 0 Å². The molecule has 0 aliphatic carbocycles. The van der Waals surface area contributed by atoms with Crippen molar-refractivity contribution in [3.05, 3.63) is 30.2 Å². The number of nitrogens with one attached hydrogen (secondary N) is 1. The van der Waals surface area contributed by atoms with Gasteiger partial charge in [0.05, 0.1) is 13.3 Å². The number of methoxy groups -OCH3 is 1. The first-order valence-electron chi connectivity index (χ1n) is 5.24. The molecule has 0 saturated carbocycles. The maximum Gasteiger partial charge on any atom is 0.218 e. The van der Waals surface area contributed by atoms with Crippen LogP contribution in [0.15, 0.2) is 23.0 Å². The lowest BCUT2D eigenvalue weighted by atomic mass is 10.3. The maximum atomic E-state index is 5.43. The highest BCUT2D eigenvalue weighted by Gasteiger charge is 2.11. The van der Waals surface area contributed by atoms with Crippen LogP contribution in [0.1, 0.15) is 24.6 Å². The fourth-order valence-corrected chi connectivity index (χ4v) is 1.39. The van der Waals surface area contributed by atoms with E-state index in [1.54, 1.807) is 19.4 Å². The zero-order valence-electron chi connectivity index (χ0n) is 9.97. The van der Waals surface area contributed by atoms with Crippen molar-refractivity contribution in [2.45, 2.75) is 19.9 Å². The fraction of sp³-hybridized carbons (Fsp3) is 0.364. The van der Waals surface area contributed by atoms with Crippen LogP contribution < -0.4 is 10.1 Å². The summed E-state index contributed by atoms with van der Waals surface area (Å²) in [6.45, 7) is 3.80. The van der Waals surface area contributed by atoms with E-state index in [1.807, 2.05) is 13.8 Å². The van der Waals surface area contributed by atoms with Crippen molar-refractivity contribution in [3.8, 4) is 5.88 Å². The Morgan fingerprint density at radius 2 is 2.18 bits per heavy atom. The predicted molar refractivity (Wildman–Crippen MR) is 61.9 cm³/mol. The Labute approximate surface area is 99.1 Å². The van der Waals surface area contributed by atoms with E-state index in [-0.39, 0.29) is 6.04 Å². The molecule has 17 heavy (non-hydrogen) atoms. The fourth-order valence-electron chi connectivity index (χ4n) is 1.39. The van der Waals surface area contributed by atoms with Gasteiger partial charge in [0.15, 0.2) is 0 Å². The minimum atomic E-state index is -0.0664. The Morgan fingerprint density at radius 3 is 2.82 bits per heavy atom. The minimum Gasteiger partial charge on any atom is -0.481 e. The van der Waals surface area contributed by atoms with Crippen LogP contribution in [0.3, 0.4) is 0 Å². The van der Waals surface area contributed by atoms with Crippen LogP contribution in [0.5, 0.6) is 5.88 Å². The zero-order valence-corrected chi connectivity index (χ0v) is 9.97. The minimum absolute atomic E-state index is 0.0664. The molecular weight excluding hydrogens is 220 g/mol. The van der Waals surface area contributed by atoms with Gasteiger partial charge in [-0.15, -0.1) is 0 Å². The maximum absolute atomic E-state index is 5.43. The molecule has 1 N–H and O–H groups in total. The van der Waals surface area contributed by atoms with Crippen LogP contribution >= 0.6 is 0 Å². The summed E-state index contributed by atoms with van der Waals surface area (Å²) in [6, 6.07) is 1.65. The summed E-state index contributed by atoms with van der Waals surface area (Å²) in [7, 11) is 1.56. The van der Waals surface area contributed by atoms with Crippen molar-refractivity contribution < 1.29 is 9.15 Å². The van der Waals surface area contributed by atoms with E-state index in [4.69, 9.17) is 9.15 Å². The summed E-state index contributed by atoms with van der Waals surface area (Å²) in [5, 5.41) is 3.16. The van der Waals surface area contributed by atoms with Gasteiger partial charge in [-0.3, -0.25) is 0 Å². The van der Waals surface area contributed by atoms with Crippen LogP contribution in [-0.2, 0) is 0 Å². The average Bonchev–Trinajstić information content (AvgIpc) is 2.76. The van der Waals surface area contributed by atoms with E-state index in [0.717, 1.165) is 5.76 Å². The van der Waals surface area contributed by atoms with Crippen LogP contribution in [0.4, 0.5) is 5.82 Å². The molecule has 0 aromatic carbocycles. The number of hydrogen-bond acceptors (Lipinski definition) is 6. The largest absolute Gasteiger partial charge is 0.481 e. The molecule has 0 aliphatic heterocycles. The molecule has 0 saturated heterocycles. The lowest BCUT2D eigenvalue weighted by Crippen LogP contribution is -2.08. The third-order valence-corrected chi connectivity index (χ3v) is 2.23. The SMILES string of the molecule is COc1cc(NC(C)c2ncc(C)o2)ncn1. The Kier molecular flexibility index (Phi) is 3.22. The Bertz CT molecular complexity index is 498. The first kappa shape index (κ1) is 11.4. The van der Waals surface area contributed by atoms with Crippen molar-refractivity contribution in [1.29, 1.82) is 0 Å². The highest BCUT2D eigenvalue weighted by molar-refractivity contribution is 5.38. The first-order chi connectivity index (χ1) is 8.19. The van der Waals surface area contributed by atoms with Crippen molar-refractivity contribution in [1.82, 2.24) is 15.0 Å². The second kappa shape index (κ2) is 4.82. The van der Waals surface area contributed by atoms with Gasteiger partial charge in [-0.2, -0.15) is 0 Å². The summed E-state index contributed by atoms with van der Waals surface area (Å²) in [5.74, 6) is 2.59. The second-order valence-electron chi connectivity index (χ2n) is 3.62. The number of aryl methyl sites for hydroxylation is 1. The molecule has 0 spiro atoms. The second-order valence-corrected chi connectivity index (χ2v) is 3.62. The van der Waals surface area contributed by atoms with Gasteiger partial charge in [0, 0.05) is 6.07 Å². The molecule has 0 aliphatic rings. The number of aromatic nitrogens is 3. The molecule has 2 aromatic rings. The van der Waals surface area contributed by atoms with Crippen molar-refractivity contribution in [2.24, 2.45) is 0 Å². The normalized spacial score (nSPS) is 12.2. The van der Waals surface area contributed by atoms with Crippen LogP contribution in [0, 0.1) is 6.92 Å². The quantitative estimate of drug-likeness (QED) is 0.871. The lowest BCUT2D eigenvalue weighted by Gasteiger charge is -2.11. The third-order valence-electron chi connectivity index (χ3n) is 2.23. The highest BCUT2D eigenvalue weighted by atomic mass is 16.5. The molecule has 6 heteroatoms. The Morgan fingerprint density at radius 1 is 1.35 bits per heavy atom. The number of ether oxygens (including phenoxy) is 1. The van der Waals surface area contributed by atoms with Gasteiger partial charge in [-0.05, 0) is 13.8 Å². The van der Waals surface area contributed by atoms with Crippen LogP contribution in [0.2, 0.25) is 0 Å². The molecule has 90 valence electrons. The number of nitrogens with zero attached hydrogens (tertiary/aromatic N) is 3. The van der Waals surface area contributed by atoms with E-state index in [2.05, 4.69) is 20.3 Å². The van der Waals surface area contributed by atoms with Crippen molar-refractivity contribution in [3.63, 3.8) is 0 Å². The van der Waals surface area contributed by atoms with Gasteiger partial charge in [0.25, 0.3) is 0 Å².